The molecule has 1 aromatic carbocycles. The van der Waals surface area contributed by atoms with Gasteiger partial charge in [-0.15, -0.1) is 0 Å². The number of hydrogen-bond donors (Lipinski definition) is 2. The van der Waals surface area contributed by atoms with Gasteiger partial charge in [0.2, 0.25) is 11.8 Å². The quantitative estimate of drug-likeness (QED) is 0.680. The summed E-state index contributed by atoms with van der Waals surface area (Å²) in [6.07, 6.45) is 2.59. The predicted octanol–water partition coefficient (Wildman–Crippen LogP) is 3.12. The molecule has 0 unspecified atom stereocenters. The number of amides is 3. The highest BCUT2D eigenvalue weighted by atomic mass is 19.1. The highest BCUT2D eigenvalue weighted by Crippen LogP contribution is 2.23. The molecule has 6 nitrogen and oxygen atoms in total. The minimum atomic E-state index is -0.695. The molecule has 3 amide bonds. The lowest BCUT2D eigenvalue weighted by atomic mass is 9.88. The van der Waals surface area contributed by atoms with E-state index in [0.717, 1.165) is 6.42 Å². The summed E-state index contributed by atoms with van der Waals surface area (Å²) < 4.78 is 13.2. The van der Waals surface area contributed by atoms with E-state index in [9.17, 15) is 18.8 Å². The van der Waals surface area contributed by atoms with Crippen molar-refractivity contribution in [3.63, 3.8) is 0 Å². The molecule has 0 saturated carbocycles. The average molecular weight is 420 g/mol. The topological polar surface area (TPSA) is 78.5 Å². The summed E-state index contributed by atoms with van der Waals surface area (Å²) in [4.78, 5) is 39.8. The lowest BCUT2D eigenvalue weighted by Gasteiger charge is -2.36. The van der Waals surface area contributed by atoms with Crippen molar-refractivity contribution in [1.82, 2.24) is 15.5 Å². The van der Waals surface area contributed by atoms with Gasteiger partial charge in [-0.05, 0) is 62.3 Å². The average Bonchev–Trinajstić information content (AvgIpc) is 2.71. The van der Waals surface area contributed by atoms with Crippen LogP contribution in [0.25, 0.3) is 0 Å². The van der Waals surface area contributed by atoms with Crippen molar-refractivity contribution in [3.8, 4) is 0 Å². The van der Waals surface area contributed by atoms with Gasteiger partial charge >= 0.3 is 0 Å². The van der Waals surface area contributed by atoms with Crippen molar-refractivity contribution in [3.05, 3.63) is 35.6 Å². The molecule has 0 radical (unpaired) electrons. The molecule has 1 aliphatic heterocycles. The highest BCUT2D eigenvalue weighted by molar-refractivity contribution is 5.97. The lowest BCUT2D eigenvalue weighted by Crippen LogP contribution is -2.55. The first-order valence-electron chi connectivity index (χ1n) is 10.9. The van der Waals surface area contributed by atoms with Gasteiger partial charge in [0.15, 0.2) is 0 Å². The van der Waals surface area contributed by atoms with E-state index in [4.69, 9.17) is 0 Å². The number of likely N-dealkylation sites (tertiary alicyclic amines) is 1. The van der Waals surface area contributed by atoms with Crippen LogP contribution in [0.2, 0.25) is 0 Å². The summed E-state index contributed by atoms with van der Waals surface area (Å²) in [6.45, 7) is 9.10. The monoisotopic (exact) mass is 419 g/mol. The molecule has 0 bridgehead atoms. The first-order chi connectivity index (χ1) is 14.2. The van der Waals surface area contributed by atoms with Crippen LogP contribution < -0.4 is 10.6 Å². The molecular formula is C23H34FN3O3. The van der Waals surface area contributed by atoms with Crippen LogP contribution in [0, 0.1) is 17.7 Å². The molecule has 2 atom stereocenters. The van der Waals surface area contributed by atoms with E-state index in [1.165, 1.54) is 24.3 Å². The van der Waals surface area contributed by atoms with Crippen LogP contribution in [-0.2, 0) is 9.59 Å². The third-order valence-electron chi connectivity index (χ3n) is 5.62. The smallest absolute Gasteiger partial charge is 0.251 e. The third kappa shape index (κ3) is 6.82. The summed E-state index contributed by atoms with van der Waals surface area (Å²) in [5.74, 6) is -0.666. The van der Waals surface area contributed by atoms with Gasteiger partial charge in [0.05, 0.1) is 0 Å². The Morgan fingerprint density at radius 3 is 2.20 bits per heavy atom. The summed E-state index contributed by atoms with van der Waals surface area (Å²) >= 11 is 0. The number of nitrogens with one attached hydrogen (secondary N) is 2. The zero-order valence-corrected chi connectivity index (χ0v) is 18.4. The Labute approximate surface area is 178 Å². The Hall–Kier alpha value is -2.44. The number of carbonyl (C=O) groups excluding carboxylic acids is 3. The first kappa shape index (κ1) is 23.8. The van der Waals surface area contributed by atoms with E-state index >= 15 is 0 Å². The van der Waals surface area contributed by atoms with Gasteiger partial charge in [0, 0.05) is 31.1 Å². The van der Waals surface area contributed by atoms with E-state index in [1.807, 2.05) is 32.6 Å². The second kappa shape index (κ2) is 11.1. The number of piperidine rings is 1. The Balaban J connectivity index is 2.08. The summed E-state index contributed by atoms with van der Waals surface area (Å²) in [5.41, 5.74) is 0.308. The Morgan fingerprint density at radius 2 is 1.67 bits per heavy atom. The standard InChI is InChI=1S/C23H34FN3O3/c1-5-16(4)25-23(30)21(26-22(29)18-6-8-19(24)9-7-18)17-10-12-27(13-11-17)20(28)14-15(2)3/h6-9,15-17,21H,5,10-14H2,1-4H3,(H,25,30)(H,26,29)/t16-,21-/m1/s1. The molecule has 1 saturated heterocycles. The second-order valence-corrected chi connectivity index (χ2v) is 8.59. The fourth-order valence-electron chi connectivity index (χ4n) is 3.62. The Kier molecular flexibility index (Phi) is 8.81. The lowest BCUT2D eigenvalue weighted by molar-refractivity contribution is -0.133. The van der Waals surface area contributed by atoms with Crippen LogP contribution in [0.5, 0.6) is 0 Å². The summed E-state index contributed by atoms with van der Waals surface area (Å²) in [7, 11) is 0. The number of nitrogens with zero attached hydrogens (tertiary/aromatic N) is 1. The molecule has 2 N–H and O–H groups in total. The molecule has 1 fully saturated rings. The van der Waals surface area contributed by atoms with Crippen LogP contribution in [0.3, 0.4) is 0 Å². The fourth-order valence-corrected chi connectivity index (χ4v) is 3.62. The molecule has 166 valence electrons. The van der Waals surface area contributed by atoms with Crippen molar-refractivity contribution in [1.29, 1.82) is 0 Å². The SMILES string of the molecule is CC[C@@H](C)NC(=O)[C@H](NC(=O)c1ccc(F)cc1)C1CCN(C(=O)CC(C)C)CC1. The van der Waals surface area contributed by atoms with Crippen LogP contribution in [0.4, 0.5) is 4.39 Å². The zero-order chi connectivity index (χ0) is 22.3. The third-order valence-corrected chi connectivity index (χ3v) is 5.62. The van der Waals surface area contributed by atoms with Gasteiger partial charge in [-0.3, -0.25) is 14.4 Å². The molecule has 0 aromatic heterocycles. The zero-order valence-electron chi connectivity index (χ0n) is 18.4. The minimum Gasteiger partial charge on any atom is -0.352 e. The van der Waals surface area contributed by atoms with E-state index in [2.05, 4.69) is 10.6 Å². The molecule has 2 rings (SSSR count). The van der Waals surface area contributed by atoms with Gasteiger partial charge in [0.1, 0.15) is 11.9 Å². The van der Waals surface area contributed by atoms with Gasteiger partial charge in [-0.1, -0.05) is 20.8 Å². The van der Waals surface area contributed by atoms with E-state index in [1.54, 1.807) is 0 Å². The van der Waals surface area contributed by atoms with Gasteiger partial charge < -0.3 is 15.5 Å². The molecule has 0 spiro atoms. The summed E-state index contributed by atoms with van der Waals surface area (Å²) in [5, 5.41) is 5.81. The number of rotatable bonds is 8. The maximum atomic E-state index is 13.2. The maximum Gasteiger partial charge on any atom is 0.251 e. The highest BCUT2D eigenvalue weighted by Gasteiger charge is 2.34. The summed E-state index contributed by atoms with van der Waals surface area (Å²) in [6, 6.07) is 4.56. The molecule has 7 heteroatoms. The Bertz CT molecular complexity index is 728. The molecule has 30 heavy (non-hydrogen) atoms. The normalized spacial score (nSPS) is 16.8. The van der Waals surface area contributed by atoms with Crippen LogP contribution in [0.15, 0.2) is 24.3 Å². The van der Waals surface area contributed by atoms with E-state index < -0.39 is 17.8 Å². The molecule has 1 heterocycles. The van der Waals surface area contributed by atoms with Gasteiger partial charge in [-0.25, -0.2) is 4.39 Å². The molecule has 1 aliphatic rings. The van der Waals surface area contributed by atoms with Crippen LogP contribution in [-0.4, -0.2) is 47.8 Å². The van der Waals surface area contributed by atoms with Gasteiger partial charge in [-0.2, -0.15) is 0 Å². The number of benzene rings is 1. The van der Waals surface area contributed by atoms with Crippen molar-refractivity contribution in [2.75, 3.05) is 13.1 Å². The van der Waals surface area contributed by atoms with Crippen molar-refractivity contribution < 1.29 is 18.8 Å². The predicted molar refractivity (Wildman–Crippen MR) is 114 cm³/mol. The van der Waals surface area contributed by atoms with Crippen molar-refractivity contribution >= 4 is 17.7 Å². The van der Waals surface area contributed by atoms with Crippen LogP contribution >= 0.6 is 0 Å². The van der Waals surface area contributed by atoms with Crippen molar-refractivity contribution in [2.24, 2.45) is 11.8 Å². The largest absolute Gasteiger partial charge is 0.352 e. The Morgan fingerprint density at radius 1 is 1.07 bits per heavy atom. The molecule has 0 aliphatic carbocycles. The molecule has 1 aromatic rings. The maximum absolute atomic E-state index is 13.2. The van der Waals surface area contributed by atoms with Crippen molar-refractivity contribution in [2.45, 2.75) is 65.5 Å². The van der Waals surface area contributed by atoms with E-state index in [0.29, 0.717) is 43.8 Å². The number of halogens is 1. The minimum absolute atomic E-state index is 0.00423. The van der Waals surface area contributed by atoms with Gasteiger partial charge in [0.25, 0.3) is 5.91 Å². The first-order valence-corrected chi connectivity index (χ1v) is 10.9. The second-order valence-electron chi connectivity index (χ2n) is 8.59. The fraction of sp³-hybridized carbons (Fsp3) is 0.609. The number of carbonyl (C=O) groups is 3. The van der Waals surface area contributed by atoms with Crippen LogP contribution in [0.1, 0.15) is 63.7 Å². The number of hydrogen-bond acceptors (Lipinski definition) is 3. The molecular weight excluding hydrogens is 385 g/mol. The van der Waals surface area contributed by atoms with E-state index in [-0.39, 0.29) is 23.8 Å².